The second kappa shape index (κ2) is 6.41. The van der Waals surface area contributed by atoms with Crippen LogP contribution in [-0.4, -0.2) is 6.10 Å². The molecule has 3 nitrogen and oxygen atoms in total. The molecule has 0 spiro atoms. The van der Waals surface area contributed by atoms with E-state index in [9.17, 15) is 4.79 Å². The standard InChI is InChI=1S/C20H16O3/c1-14(2)23-17-11-8-15(9-12-17)7-10-16-13-22-19-6-4-3-5-18(19)20(16)21/h3-6,8-9,11-14H,1-2H3. The fraction of sp³-hybridized carbons (Fsp3) is 0.150. The Morgan fingerprint density at radius 1 is 1.00 bits per heavy atom. The third-order valence-corrected chi connectivity index (χ3v) is 3.25. The van der Waals surface area contributed by atoms with Crippen LogP contribution in [0, 0.1) is 11.8 Å². The Balaban J connectivity index is 1.90. The molecule has 0 aliphatic heterocycles. The van der Waals surface area contributed by atoms with Crippen LogP contribution in [0.2, 0.25) is 0 Å². The van der Waals surface area contributed by atoms with Gasteiger partial charge in [-0.25, -0.2) is 0 Å². The van der Waals surface area contributed by atoms with Crippen molar-refractivity contribution in [3.05, 3.63) is 76.1 Å². The fourth-order valence-electron chi connectivity index (χ4n) is 2.19. The summed E-state index contributed by atoms with van der Waals surface area (Å²) in [6.45, 7) is 3.96. The minimum absolute atomic E-state index is 0.112. The summed E-state index contributed by atoms with van der Waals surface area (Å²) in [5.41, 5.74) is 1.62. The smallest absolute Gasteiger partial charge is 0.208 e. The van der Waals surface area contributed by atoms with E-state index in [2.05, 4.69) is 11.8 Å². The molecule has 0 unspecified atom stereocenters. The summed E-state index contributed by atoms with van der Waals surface area (Å²) in [6.07, 6.45) is 1.54. The molecule has 0 saturated heterocycles. The van der Waals surface area contributed by atoms with E-state index in [4.69, 9.17) is 9.15 Å². The number of benzene rings is 2. The summed E-state index contributed by atoms with van der Waals surface area (Å²) >= 11 is 0. The first-order valence-electron chi connectivity index (χ1n) is 7.43. The second-order valence-corrected chi connectivity index (χ2v) is 5.42. The van der Waals surface area contributed by atoms with Gasteiger partial charge in [-0.3, -0.25) is 4.79 Å². The Kier molecular flexibility index (Phi) is 4.16. The Hall–Kier alpha value is -2.99. The predicted octanol–water partition coefficient (Wildman–Crippen LogP) is 3.98. The van der Waals surface area contributed by atoms with Crippen LogP contribution in [0.25, 0.3) is 11.0 Å². The summed E-state index contributed by atoms with van der Waals surface area (Å²) in [5.74, 6) is 6.67. The van der Waals surface area contributed by atoms with Crippen LogP contribution in [0.1, 0.15) is 25.0 Å². The lowest BCUT2D eigenvalue weighted by molar-refractivity contribution is 0.242. The molecular weight excluding hydrogens is 288 g/mol. The van der Waals surface area contributed by atoms with Crippen molar-refractivity contribution in [3.8, 4) is 17.6 Å². The SMILES string of the molecule is CC(C)Oc1ccc(C#Cc2coc3ccccc3c2=O)cc1. The van der Waals surface area contributed by atoms with Gasteiger partial charge in [0.1, 0.15) is 23.2 Å². The van der Waals surface area contributed by atoms with Gasteiger partial charge in [-0.05, 0) is 50.2 Å². The molecule has 0 bridgehead atoms. The quantitative estimate of drug-likeness (QED) is 0.672. The third-order valence-electron chi connectivity index (χ3n) is 3.25. The molecule has 0 aliphatic rings. The summed E-state index contributed by atoms with van der Waals surface area (Å²) in [5, 5.41) is 0.542. The molecule has 3 rings (SSSR count). The zero-order valence-corrected chi connectivity index (χ0v) is 13.0. The second-order valence-electron chi connectivity index (χ2n) is 5.42. The van der Waals surface area contributed by atoms with E-state index in [0.717, 1.165) is 11.3 Å². The van der Waals surface area contributed by atoms with Gasteiger partial charge in [0.15, 0.2) is 0 Å². The molecule has 0 radical (unpaired) electrons. The number of fused-ring (bicyclic) bond motifs is 1. The number of hydrogen-bond donors (Lipinski definition) is 0. The Morgan fingerprint density at radius 2 is 1.74 bits per heavy atom. The topological polar surface area (TPSA) is 39.4 Å². The van der Waals surface area contributed by atoms with E-state index >= 15 is 0 Å². The number of para-hydroxylation sites is 1. The summed E-state index contributed by atoms with van der Waals surface area (Å²) < 4.78 is 11.0. The average Bonchev–Trinajstić information content (AvgIpc) is 2.55. The molecule has 2 aromatic carbocycles. The van der Waals surface area contributed by atoms with Gasteiger partial charge in [-0.2, -0.15) is 0 Å². The molecule has 0 N–H and O–H groups in total. The van der Waals surface area contributed by atoms with Gasteiger partial charge in [0.25, 0.3) is 0 Å². The van der Waals surface area contributed by atoms with Gasteiger partial charge in [0.05, 0.1) is 11.5 Å². The lowest BCUT2D eigenvalue weighted by atomic mass is 10.1. The molecule has 0 fully saturated rings. The van der Waals surface area contributed by atoms with Crippen molar-refractivity contribution < 1.29 is 9.15 Å². The molecule has 1 heterocycles. The molecule has 114 valence electrons. The van der Waals surface area contributed by atoms with Gasteiger partial charge < -0.3 is 9.15 Å². The van der Waals surface area contributed by atoms with Crippen LogP contribution in [0.15, 0.2) is 64.0 Å². The van der Waals surface area contributed by atoms with E-state index < -0.39 is 0 Å². The van der Waals surface area contributed by atoms with Crippen LogP contribution in [-0.2, 0) is 0 Å². The molecule has 0 aliphatic carbocycles. The average molecular weight is 304 g/mol. The Labute approximate surface area is 134 Å². The van der Waals surface area contributed by atoms with Gasteiger partial charge in [-0.1, -0.05) is 24.0 Å². The maximum atomic E-state index is 12.3. The molecule has 0 amide bonds. The fourth-order valence-corrected chi connectivity index (χ4v) is 2.19. The summed E-state index contributed by atoms with van der Waals surface area (Å²) in [7, 11) is 0. The number of rotatable bonds is 2. The lowest BCUT2D eigenvalue weighted by Crippen LogP contribution is -2.05. The highest BCUT2D eigenvalue weighted by Gasteiger charge is 2.03. The highest BCUT2D eigenvalue weighted by molar-refractivity contribution is 5.77. The molecular formula is C20H16O3. The largest absolute Gasteiger partial charge is 0.491 e. The van der Waals surface area contributed by atoms with Crippen LogP contribution < -0.4 is 10.2 Å². The van der Waals surface area contributed by atoms with E-state index in [-0.39, 0.29) is 11.5 Å². The third kappa shape index (κ3) is 3.44. The first-order valence-corrected chi connectivity index (χ1v) is 7.43. The molecule has 1 aromatic heterocycles. The Morgan fingerprint density at radius 3 is 2.48 bits per heavy atom. The molecule has 23 heavy (non-hydrogen) atoms. The van der Waals surface area contributed by atoms with Crippen molar-refractivity contribution in [1.29, 1.82) is 0 Å². The van der Waals surface area contributed by atoms with Gasteiger partial charge >= 0.3 is 0 Å². The first-order chi connectivity index (χ1) is 11.1. The van der Waals surface area contributed by atoms with Gasteiger partial charge in [-0.15, -0.1) is 0 Å². The summed E-state index contributed by atoms with van der Waals surface area (Å²) in [6, 6.07) is 14.6. The minimum Gasteiger partial charge on any atom is -0.491 e. The van der Waals surface area contributed by atoms with Crippen LogP contribution in [0.4, 0.5) is 0 Å². The van der Waals surface area contributed by atoms with E-state index in [1.165, 1.54) is 6.26 Å². The van der Waals surface area contributed by atoms with Crippen LogP contribution in [0.3, 0.4) is 0 Å². The first kappa shape index (κ1) is 14.9. The highest BCUT2D eigenvalue weighted by Crippen LogP contribution is 2.13. The maximum absolute atomic E-state index is 12.3. The van der Waals surface area contributed by atoms with Gasteiger partial charge in [0.2, 0.25) is 5.43 Å². The predicted molar refractivity (Wildman–Crippen MR) is 90.7 cm³/mol. The van der Waals surface area contributed by atoms with Crippen LogP contribution in [0.5, 0.6) is 5.75 Å². The maximum Gasteiger partial charge on any atom is 0.208 e. The highest BCUT2D eigenvalue weighted by atomic mass is 16.5. The van der Waals surface area contributed by atoms with Crippen molar-refractivity contribution in [2.75, 3.05) is 0 Å². The van der Waals surface area contributed by atoms with Crippen molar-refractivity contribution in [3.63, 3.8) is 0 Å². The molecule has 3 aromatic rings. The normalized spacial score (nSPS) is 10.4. The van der Waals surface area contributed by atoms with Crippen molar-refractivity contribution >= 4 is 11.0 Å². The zero-order chi connectivity index (χ0) is 16.2. The van der Waals surface area contributed by atoms with Crippen molar-refractivity contribution in [2.24, 2.45) is 0 Å². The molecule has 3 heteroatoms. The lowest BCUT2D eigenvalue weighted by Gasteiger charge is -2.08. The van der Waals surface area contributed by atoms with Crippen molar-refractivity contribution in [1.82, 2.24) is 0 Å². The summed E-state index contributed by atoms with van der Waals surface area (Å²) in [4.78, 5) is 12.3. The zero-order valence-electron chi connectivity index (χ0n) is 13.0. The minimum atomic E-state index is -0.112. The Bertz CT molecular complexity index is 938. The van der Waals surface area contributed by atoms with Gasteiger partial charge in [0, 0.05) is 5.56 Å². The van der Waals surface area contributed by atoms with Crippen molar-refractivity contribution in [2.45, 2.75) is 20.0 Å². The molecule has 0 atom stereocenters. The monoisotopic (exact) mass is 304 g/mol. The molecule has 0 saturated carbocycles. The van der Waals surface area contributed by atoms with Crippen LogP contribution >= 0.6 is 0 Å². The number of ether oxygens (including phenoxy) is 1. The van der Waals surface area contributed by atoms with E-state index in [0.29, 0.717) is 16.5 Å². The number of hydrogen-bond acceptors (Lipinski definition) is 3. The van der Waals surface area contributed by atoms with E-state index in [1.54, 1.807) is 12.1 Å². The van der Waals surface area contributed by atoms with E-state index in [1.807, 2.05) is 50.2 Å².